The molecule has 370 valence electrons. The minimum absolute atomic E-state index is 0.0424. The Morgan fingerprint density at radius 3 is 1.18 bits per heavy atom. The molecule has 0 saturated carbocycles. The van der Waals surface area contributed by atoms with E-state index < -0.39 is 0 Å². The molecular formula is C74H52N2S2. The Bertz CT molecular complexity index is 4440. The van der Waals surface area contributed by atoms with Crippen LogP contribution in [-0.4, -0.2) is 0 Å². The van der Waals surface area contributed by atoms with E-state index in [-0.39, 0.29) is 10.8 Å². The van der Waals surface area contributed by atoms with Gasteiger partial charge >= 0.3 is 0 Å². The predicted molar refractivity (Wildman–Crippen MR) is 331 cm³/mol. The van der Waals surface area contributed by atoms with E-state index in [2.05, 4.69) is 280 Å². The average Bonchev–Trinajstić information content (AvgIpc) is 3.97. The Balaban J connectivity index is 0.968. The first-order valence-electron chi connectivity index (χ1n) is 27.1. The first kappa shape index (κ1) is 45.6. The third-order valence-electron chi connectivity index (χ3n) is 17.4. The smallest absolute Gasteiger partial charge is 0.0601 e. The largest absolute Gasteiger partial charge is 0.308 e. The Kier molecular flexibility index (Phi) is 9.93. The van der Waals surface area contributed by atoms with Crippen molar-refractivity contribution in [1.82, 2.24) is 0 Å². The number of nitrogens with zero attached hydrogens (tertiary/aromatic N) is 2. The summed E-state index contributed by atoms with van der Waals surface area (Å²) < 4.78 is 0. The van der Waals surface area contributed by atoms with Crippen molar-refractivity contribution < 1.29 is 0 Å². The lowest BCUT2D eigenvalue weighted by molar-refractivity contribution is 0.660. The molecule has 4 aliphatic rings. The second-order valence-electron chi connectivity index (χ2n) is 22.4. The summed E-state index contributed by atoms with van der Waals surface area (Å²) in [5.74, 6) is 0. The van der Waals surface area contributed by atoms with Gasteiger partial charge < -0.3 is 9.80 Å². The van der Waals surface area contributed by atoms with Crippen molar-refractivity contribution >= 4 is 79.2 Å². The van der Waals surface area contributed by atoms with Crippen molar-refractivity contribution in [3.63, 3.8) is 0 Å². The lowest BCUT2D eigenvalue weighted by Gasteiger charge is -2.34. The van der Waals surface area contributed by atoms with Gasteiger partial charge in [-0.1, -0.05) is 209 Å². The molecule has 0 saturated heterocycles. The van der Waals surface area contributed by atoms with Crippen molar-refractivity contribution in [2.24, 2.45) is 0 Å². The van der Waals surface area contributed by atoms with Gasteiger partial charge in [0, 0.05) is 41.8 Å². The van der Waals surface area contributed by atoms with Gasteiger partial charge in [-0.15, -0.1) is 0 Å². The Labute approximate surface area is 464 Å². The number of rotatable bonds is 5. The molecule has 0 bridgehead atoms. The number of anilines is 6. The molecule has 0 N–H and O–H groups in total. The fraction of sp³-hybridized carbons (Fsp3) is 0.0811. The molecule has 0 radical (unpaired) electrons. The molecule has 78 heavy (non-hydrogen) atoms. The van der Waals surface area contributed by atoms with Crippen LogP contribution in [0, 0.1) is 0 Å². The lowest BCUT2D eigenvalue weighted by atomic mass is 9.80. The molecule has 0 atom stereocenters. The first-order valence-corrected chi connectivity index (χ1v) is 28.8. The molecule has 12 aromatic carbocycles. The van der Waals surface area contributed by atoms with Crippen LogP contribution in [0.4, 0.5) is 34.1 Å². The highest BCUT2D eigenvalue weighted by molar-refractivity contribution is 8.00. The number of para-hydroxylation sites is 4. The number of benzene rings is 12. The van der Waals surface area contributed by atoms with E-state index >= 15 is 0 Å². The van der Waals surface area contributed by atoms with Crippen molar-refractivity contribution in [3.8, 4) is 55.6 Å². The molecule has 16 rings (SSSR count). The number of hydrogen-bond donors (Lipinski definition) is 0. The van der Waals surface area contributed by atoms with Crippen LogP contribution in [0.2, 0.25) is 0 Å². The first-order chi connectivity index (χ1) is 38.2. The Morgan fingerprint density at radius 1 is 0.269 bits per heavy atom. The fourth-order valence-electron chi connectivity index (χ4n) is 13.7. The van der Waals surface area contributed by atoms with Gasteiger partial charge in [-0.05, 0) is 184 Å². The third kappa shape index (κ3) is 6.66. The summed E-state index contributed by atoms with van der Waals surface area (Å²) in [6, 6.07) is 91.8. The monoisotopic (exact) mass is 1030 g/mol. The summed E-state index contributed by atoms with van der Waals surface area (Å²) in [6.07, 6.45) is 0. The fourth-order valence-corrected chi connectivity index (χ4v) is 15.8. The number of hydrogen-bond acceptors (Lipinski definition) is 4. The van der Waals surface area contributed by atoms with Gasteiger partial charge in [-0.3, -0.25) is 0 Å². The maximum absolute atomic E-state index is 2.52. The van der Waals surface area contributed by atoms with Crippen LogP contribution < -0.4 is 9.80 Å². The molecule has 12 aromatic rings. The van der Waals surface area contributed by atoms with Gasteiger partial charge in [0.15, 0.2) is 0 Å². The zero-order chi connectivity index (χ0) is 52.0. The van der Waals surface area contributed by atoms with Gasteiger partial charge in [0.2, 0.25) is 0 Å². The average molecular weight is 1030 g/mol. The summed E-state index contributed by atoms with van der Waals surface area (Å²) in [4.78, 5) is 9.95. The highest BCUT2D eigenvalue weighted by Crippen LogP contribution is 2.57. The van der Waals surface area contributed by atoms with Crippen LogP contribution in [0.5, 0.6) is 0 Å². The highest BCUT2D eigenvalue weighted by atomic mass is 32.2. The van der Waals surface area contributed by atoms with E-state index in [1.54, 1.807) is 0 Å². The SMILES string of the molecule is CC1(C)c2ccccc2-c2cc(-c3ccc(-c4c5ccc(N6c7ccccc7Sc7ccccc76)cc5c(-c5ccc6c(c5)C(C)(C)c5ccccc5-6)c5ccc(N6c7ccccc7Sc7ccccc76)cc45)cc3)ccc21. The van der Waals surface area contributed by atoms with Crippen LogP contribution in [0.1, 0.15) is 49.9 Å². The minimum Gasteiger partial charge on any atom is -0.308 e. The number of fused-ring (bicyclic) bond motifs is 12. The maximum atomic E-state index is 2.52. The molecule has 2 nitrogen and oxygen atoms in total. The highest BCUT2D eigenvalue weighted by Gasteiger charge is 2.37. The summed E-state index contributed by atoms with van der Waals surface area (Å²) in [5.41, 5.74) is 25.0. The van der Waals surface area contributed by atoms with E-state index in [4.69, 9.17) is 0 Å². The van der Waals surface area contributed by atoms with E-state index in [1.807, 2.05) is 23.5 Å². The van der Waals surface area contributed by atoms with Crippen molar-refractivity contribution in [2.75, 3.05) is 9.80 Å². The Hall–Kier alpha value is -8.54. The van der Waals surface area contributed by atoms with Gasteiger partial charge in [0.25, 0.3) is 0 Å². The zero-order valence-corrected chi connectivity index (χ0v) is 45.4. The molecule has 0 amide bonds. The van der Waals surface area contributed by atoms with Crippen LogP contribution in [0.15, 0.2) is 262 Å². The second-order valence-corrected chi connectivity index (χ2v) is 24.6. The summed E-state index contributed by atoms with van der Waals surface area (Å²) >= 11 is 3.70. The molecule has 2 aliphatic carbocycles. The molecular weight excluding hydrogens is 981 g/mol. The minimum atomic E-state index is -0.169. The third-order valence-corrected chi connectivity index (χ3v) is 19.7. The normalized spacial score (nSPS) is 14.7. The molecule has 4 heteroatoms. The van der Waals surface area contributed by atoms with Crippen LogP contribution >= 0.6 is 23.5 Å². The molecule has 2 aliphatic heterocycles. The van der Waals surface area contributed by atoms with E-state index in [0.29, 0.717) is 0 Å². The molecule has 0 aromatic heterocycles. The van der Waals surface area contributed by atoms with Gasteiger partial charge in [-0.25, -0.2) is 0 Å². The quantitative estimate of drug-likeness (QED) is 0.158. The van der Waals surface area contributed by atoms with Gasteiger partial charge in [0.1, 0.15) is 0 Å². The molecule has 2 heterocycles. The predicted octanol–water partition coefficient (Wildman–Crippen LogP) is 21.5. The summed E-state index contributed by atoms with van der Waals surface area (Å²) in [5, 5.41) is 4.87. The summed E-state index contributed by atoms with van der Waals surface area (Å²) in [7, 11) is 0. The maximum Gasteiger partial charge on any atom is 0.0601 e. The Morgan fingerprint density at radius 2 is 0.654 bits per heavy atom. The van der Waals surface area contributed by atoms with Crippen LogP contribution in [0.25, 0.3) is 77.2 Å². The van der Waals surface area contributed by atoms with Crippen LogP contribution in [0.3, 0.4) is 0 Å². The molecule has 0 spiro atoms. The summed E-state index contributed by atoms with van der Waals surface area (Å²) in [6.45, 7) is 9.51. The van der Waals surface area contributed by atoms with E-state index in [1.165, 1.54) is 142 Å². The van der Waals surface area contributed by atoms with Crippen molar-refractivity contribution in [3.05, 3.63) is 265 Å². The zero-order valence-electron chi connectivity index (χ0n) is 43.8. The lowest BCUT2D eigenvalue weighted by Crippen LogP contribution is -2.15. The van der Waals surface area contributed by atoms with E-state index in [0.717, 1.165) is 11.4 Å². The van der Waals surface area contributed by atoms with Crippen molar-refractivity contribution in [1.29, 1.82) is 0 Å². The standard InChI is InChI=1S/C74H52N2S2/c1-73(2)60-20-8-6-18-52(60)56-41-47(34-40-61(56)73)45-29-31-46(32-30-45)71-54-38-35-50(76-65-23-11-15-27-69(65)78-70-28-16-12-24-66(70)76)44-58(54)72(48-33-37-53-51-17-5-7-19-59(51)74(3,4)62(53)42-48)55-39-36-49(43-57(55)71)75-63-21-9-13-25-67(63)77-68-26-14-10-22-64(68)75/h5-44H,1-4H3. The second kappa shape index (κ2) is 17.0. The molecule has 0 unspecified atom stereocenters. The van der Waals surface area contributed by atoms with Gasteiger partial charge in [-0.2, -0.15) is 0 Å². The van der Waals surface area contributed by atoms with E-state index in [9.17, 15) is 0 Å². The topological polar surface area (TPSA) is 6.48 Å². The van der Waals surface area contributed by atoms with Crippen molar-refractivity contribution in [2.45, 2.75) is 58.1 Å². The van der Waals surface area contributed by atoms with Crippen LogP contribution in [-0.2, 0) is 10.8 Å². The molecule has 0 fully saturated rings. The van der Waals surface area contributed by atoms with Gasteiger partial charge in [0.05, 0.1) is 22.7 Å².